The van der Waals surface area contributed by atoms with Crippen LogP contribution in [0.5, 0.6) is 5.88 Å². The van der Waals surface area contributed by atoms with E-state index >= 15 is 0 Å². The number of rotatable bonds is 7. The summed E-state index contributed by atoms with van der Waals surface area (Å²) in [6.45, 7) is 5.50. The number of aromatic nitrogens is 6. The van der Waals surface area contributed by atoms with Gasteiger partial charge in [0.15, 0.2) is 11.5 Å². The van der Waals surface area contributed by atoms with Crippen molar-refractivity contribution in [3.8, 4) is 28.7 Å². The van der Waals surface area contributed by atoms with Gasteiger partial charge in [0.1, 0.15) is 34.8 Å². The summed E-state index contributed by atoms with van der Waals surface area (Å²) in [4.78, 5) is 49.8. The van der Waals surface area contributed by atoms with Crippen molar-refractivity contribution < 1.29 is 32.2 Å². The topological polar surface area (TPSA) is 137 Å². The van der Waals surface area contributed by atoms with Crippen LogP contribution < -0.4 is 10.1 Å². The number of methoxy groups -OCH3 is 1. The number of benzene rings is 1. The fourth-order valence-electron chi connectivity index (χ4n) is 5.34. The lowest BCUT2D eigenvalue weighted by atomic mass is 10.0. The zero-order chi connectivity index (χ0) is 33.7. The summed E-state index contributed by atoms with van der Waals surface area (Å²) in [5.74, 6) is 0.571. The van der Waals surface area contributed by atoms with E-state index in [1.807, 2.05) is 0 Å². The average Bonchev–Trinajstić information content (AvgIpc) is 3.79. The van der Waals surface area contributed by atoms with Crippen LogP contribution in [0.4, 0.5) is 23.8 Å². The van der Waals surface area contributed by atoms with E-state index in [0.717, 1.165) is 29.5 Å². The second-order valence-electron chi connectivity index (χ2n) is 12.4. The zero-order valence-corrected chi connectivity index (χ0v) is 26.5. The van der Waals surface area contributed by atoms with Crippen molar-refractivity contribution in [1.29, 1.82) is 0 Å². The van der Waals surface area contributed by atoms with Crippen molar-refractivity contribution in [2.75, 3.05) is 19.0 Å². The number of anilines is 1. The van der Waals surface area contributed by atoms with Gasteiger partial charge in [-0.05, 0) is 45.6 Å². The highest BCUT2D eigenvalue weighted by molar-refractivity contribution is 6.04. The van der Waals surface area contributed by atoms with Crippen LogP contribution >= 0.6 is 0 Å². The molecule has 2 aliphatic rings. The predicted molar refractivity (Wildman–Crippen MR) is 164 cm³/mol. The highest BCUT2D eigenvalue weighted by atomic mass is 19.4. The first-order valence-corrected chi connectivity index (χ1v) is 15.0. The molecule has 0 atom stereocenters. The molecular formula is C32H33F3N8O4. The fourth-order valence-corrected chi connectivity index (χ4v) is 5.34. The lowest BCUT2D eigenvalue weighted by Gasteiger charge is -2.30. The van der Waals surface area contributed by atoms with Gasteiger partial charge in [-0.25, -0.2) is 34.6 Å². The monoisotopic (exact) mass is 650 g/mol. The molecule has 1 aromatic carbocycles. The maximum absolute atomic E-state index is 13.8. The lowest BCUT2D eigenvalue weighted by molar-refractivity contribution is -0.140. The first-order valence-electron chi connectivity index (χ1n) is 15.0. The first kappa shape index (κ1) is 31.9. The Kier molecular flexibility index (Phi) is 8.10. The molecule has 1 aliphatic carbocycles. The maximum atomic E-state index is 13.8. The van der Waals surface area contributed by atoms with Crippen molar-refractivity contribution >= 4 is 17.8 Å². The molecule has 3 aromatic heterocycles. The molecule has 0 unspecified atom stereocenters. The Balaban J connectivity index is 1.34. The SMILES string of the molecule is COc1ncnc(C2CC2)c1-c1nc(NCc2ccc(-c3nc(C(F)(F)F)cn3C)cc2)c2c(n1)C(=O)N(C(=O)OC(C)(C)C)CC2. The summed E-state index contributed by atoms with van der Waals surface area (Å²) < 4.78 is 51.9. The van der Waals surface area contributed by atoms with E-state index in [9.17, 15) is 22.8 Å². The van der Waals surface area contributed by atoms with Crippen molar-refractivity contribution in [3.05, 3.63) is 65.0 Å². The molecule has 0 saturated heterocycles. The minimum Gasteiger partial charge on any atom is -0.480 e. The van der Waals surface area contributed by atoms with Crippen LogP contribution in [-0.4, -0.2) is 65.6 Å². The van der Waals surface area contributed by atoms with E-state index in [1.54, 1.807) is 45.0 Å². The Labute approximate surface area is 268 Å². The second-order valence-corrected chi connectivity index (χ2v) is 12.4. The number of nitrogens with one attached hydrogen (secondary N) is 1. The Morgan fingerprint density at radius 3 is 2.40 bits per heavy atom. The highest BCUT2D eigenvalue weighted by Crippen LogP contribution is 2.45. The van der Waals surface area contributed by atoms with Crippen LogP contribution in [0.1, 0.15) is 72.5 Å². The predicted octanol–water partition coefficient (Wildman–Crippen LogP) is 5.78. The molecule has 1 fully saturated rings. The van der Waals surface area contributed by atoms with Gasteiger partial charge < -0.3 is 19.4 Å². The van der Waals surface area contributed by atoms with Crippen LogP contribution in [0.2, 0.25) is 0 Å². The van der Waals surface area contributed by atoms with Crippen LogP contribution in [-0.2, 0) is 30.9 Å². The Hall–Kier alpha value is -5.08. The Morgan fingerprint density at radius 2 is 1.79 bits per heavy atom. The molecule has 0 bridgehead atoms. The maximum Gasteiger partial charge on any atom is 0.434 e. The number of amides is 2. The fraction of sp³-hybridized carbons (Fsp3) is 0.406. The summed E-state index contributed by atoms with van der Waals surface area (Å²) in [5, 5.41) is 3.31. The van der Waals surface area contributed by atoms with Crippen LogP contribution in [0.25, 0.3) is 22.8 Å². The number of imidazole rings is 1. The standard InChI is InChI=1S/C32H33F3N8O4/c1-31(2,3)47-30(45)43-13-12-20-24(29(43)44)40-26(22-23(18-10-11-18)37-16-38-28(22)46-5)41-25(20)36-14-17-6-8-19(9-7-17)27-39-21(15-42(27)4)32(33,34)35/h6-9,15-16,18H,10-14H2,1-5H3,(H,36,40,41). The van der Waals surface area contributed by atoms with Gasteiger partial charge in [0.25, 0.3) is 5.91 Å². The van der Waals surface area contributed by atoms with Crippen LogP contribution in [0, 0.1) is 0 Å². The van der Waals surface area contributed by atoms with Crippen LogP contribution in [0.15, 0.2) is 36.8 Å². The normalized spacial score (nSPS) is 15.0. The van der Waals surface area contributed by atoms with Crippen LogP contribution in [0.3, 0.4) is 0 Å². The van der Waals surface area contributed by atoms with Gasteiger partial charge in [-0.15, -0.1) is 0 Å². The number of hydrogen-bond donors (Lipinski definition) is 1. The minimum atomic E-state index is -4.55. The van der Waals surface area contributed by atoms with Gasteiger partial charge in [0.05, 0.1) is 12.8 Å². The molecule has 0 spiro atoms. The van der Waals surface area contributed by atoms with E-state index in [2.05, 4.69) is 25.3 Å². The Bertz CT molecular complexity index is 1850. The molecule has 2 amide bonds. The molecule has 1 N–H and O–H groups in total. The van der Waals surface area contributed by atoms with E-state index in [1.165, 1.54) is 25.1 Å². The van der Waals surface area contributed by atoms with Crippen molar-refractivity contribution in [2.45, 2.75) is 64.3 Å². The summed E-state index contributed by atoms with van der Waals surface area (Å²) >= 11 is 0. The molecule has 4 heterocycles. The molecule has 246 valence electrons. The number of carbonyl (C=O) groups is 2. The highest BCUT2D eigenvalue weighted by Gasteiger charge is 2.38. The van der Waals surface area contributed by atoms with Gasteiger partial charge >= 0.3 is 12.3 Å². The van der Waals surface area contributed by atoms with E-state index < -0.39 is 29.5 Å². The number of aryl methyl sites for hydroxylation is 1. The minimum absolute atomic E-state index is 0.0489. The molecular weight excluding hydrogens is 617 g/mol. The summed E-state index contributed by atoms with van der Waals surface area (Å²) in [7, 11) is 2.99. The number of nitrogens with zero attached hydrogens (tertiary/aromatic N) is 7. The largest absolute Gasteiger partial charge is 0.480 e. The Morgan fingerprint density at radius 1 is 1.06 bits per heavy atom. The van der Waals surface area contributed by atoms with E-state index in [4.69, 9.17) is 14.5 Å². The van der Waals surface area contributed by atoms with E-state index in [-0.39, 0.29) is 48.7 Å². The number of hydrogen-bond acceptors (Lipinski definition) is 10. The van der Waals surface area contributed by atoms with Gasteiger partial charge in [0, 0.05) is 43.4 Å². The number of halogens is 3. The lowest BCUT2D eigenvalue weighted by Crippen LogP contribution is -2.45. The quantitative estimate of drug-likeness (QED) is 0.262. The molecule has 1 aliphatic heterocycles. The van der Waals surface area contributed by atoms with E-state index in [0.29, 0.717) is 28.2 Å². The molecule has 0 radical (unpaired) electrons. The zero-order valence-electron chi connectivity index (χ0n) is 26.5. The molecule has 1 saturated carbocycles. The van der Waals surface area contributed by atoms with Crippen molar-refractivity contribution in [2.24, 2.45) is 7.05 Å². The molecule has 12 nitrogen and oxygen atoms in total. The van der Waals surface area contributed by atoms with Gasteiger partial charge in [0.2, 0.25) is 5.88 Å². The molecule has 47 heavy (non-hydrogen) atoms. The summed E-state index contributed by atoms with van der Waals surface area (Å²) in [6.07, 6.45) is -0.802. The first-order chi connectivity index (χ1) is 22.2. The third kappa shape index (κ3) is 6.60. The van der Waals surface area contributed by atoms with Gasteiger partial charge in [-0.1, -0.05) is 24.3 Å². The smallest absolute Gasteiger partial charge is 0.434 e. The molecule has 15 heteroatoms. The van der Waals surface area contributed by atoms with Gasteiger partial charge in [-0.2, -0.15) is 13.2 Å². The summed E-state index contributed by atoms with van der Waals surface area (Å²) in [5.41, 5.74) is 1.32. The molecule has 6 rings (SSSR count). The second kappa shape index (κ2) is 11.9. The van der Waals surface area contributed by atoms with Gasteiger partial charge in [-0.3, -0.25) is 4.79 Å². The third-order valence-electron chi connectivity index (χ3n) is 7.72. The number of alkyl halides is 3. The average molecular weight is 651 g/mol. The third-order valence-corrected chi connectivity index (χ3v) is 7.72. The van der Waals surface area contributed by atoms with Crippen molar-refractivity contribution in [1.82, 2.24) is 34.4 Å². The number of ether oxygens (including phenoxy) is 2. The number of imide groups is 1. The summed E-state index contributed by atoms with van der Waals surface area (Å²) in [6, 6.07) is 6.92. The number of fused-ring (bicyclic) bond motifs is 1. The van der Waals surface area contributed by atoms with Crippen molar-refractivity contribution in [3.63, 3.8) is 0 Å². The molecule has 4 aromatic rings. The number of carbonyl (C=O) groups excluding carboxylic acids is 2.